The molecule has 1 fully saturated rings. The molecule has 1 aliphatic rings. The number of hydrogen-bond donors (Lipinski definition) is 1. The van der Waals surface area contributed by atoms with Crippen LogP contribution in [0, 0.1) is 0 Å². The molecule has 10 heteroatoms. The first kappa shape index (κ1) is 26.1. The molecule has 4 heterocycles. The molecule has 0 atom stereocenters. The van der Waals surface area contributed by atoms with E-state index in [9.17, 15) is 4.79 Å². The highest BCUT2D eigenvalue weighted by molar-refractivity contribution is 9.10. The molecule has 0 radical (unpaired) electrons. The summed E-state index contributed by atoms with van der Waals surface area (Å²) < 4.78 is 2.29. The third kappa shape index (κ3) is 5.66. The van der Waals surface area contributed by atoms with E-state index < -0.39 is 0 Å². The van der Waals surface area contributed by atoms with E-state index in [0.29, 0.717) is 12.1 Å². The number of thiazole rings is 1. The molecule has 6 nitrogen and oxygen atoms in total. The van der Waals surface area contributed by atoms with Crippen molar-refractivity contribution in [2.45, 2.75) is 0 Å². The van der Waals surface area contributed by atoms with E-state index in [0.717, 1.165) is 69.3 Å². The van der Waals surface area contributed by atoms with E-state index in [1.165, 1.54) is 4.70 Å². The molecule has 2 aromatic carbocycles. The Balaban J connectivity index is 0.00000280. The van der Waals surface area contributed by atoms with E-state index in [4.69, 9.17) is 9.97 Å². The fourth-order valence-corrected chi connectivity index (χ4v) is 6.78. The zero-order chi connectivity index (χ0) is 24.5. The smallest absolute Gasteiger partial charge is 0.252 e. The van der Waals surface area contributed by atoms with Crippen molar-refractivity contribution in [3.05, 3.63) is 76.1 Å². The Morgan fingerprint density at radius 2 is 1.81 bits per heavy atom. The molecule has 6 rings (SSSR count). The number of nitrogens with zero attached hydrogens (tertiary/aromatic N) is 4. The molecule has 1 saturated heterocycles. The average Bonchev–Trinajstić information content (AvgIpc) is 3.59. The Bertz CT molecular complexity index is 1530. The van der Waals surface area contributed by atoms with Crippen molar-refractivity contribution in [1.82, 2.24) is 20.2 Å². The molecule has 190 valence electrons. The maximum absolute atomic E-state index is 13.2. The number of para-hydroxylation sites is 1. The van der Waals surface area contributed by atoms with Gasteiger partial charge in [0.2, 0.25) is 0 Å². The summed E-state index contributed by atoms with van der Waals surface area (Å²) in [7, 11) is 0. The van der Waals surface area contributed by atoms with Gasteiger partial charge in [-0.25, -0.2) is 9.97 Å². The van der Waals surface area contributed by atoms with Crippen LogP contribution >= 0.6 is 51.0 Å². The zero-order valence-electron chi connectivity index (χ0n) is 19.9. The van der Waals surface area contributed by atoms with Gasteiger partial charge in [-0.2, -0.15) is 0 Å². The van der Waals surface area contributed by atoms with E-state index >= 15 is 0 Å². The predicted octanol–water partition coefficient (Wildman–Crippen LogP) is 6.31. The van der Waals surface area contributed by atoms with Gasteiger partial charge in [0.15, 0.2) is 5.13 Å². The molecule has 37 heavy (non-hydrogen) atoms. The van der Waals surface area contributed by atoms with Gasteiger partial charge in [-0.3, -0.25) is 9.69 Å². The van der Waals surface area contributed by atoms with Crippen molar-refractivity contribution >= 4 is 83.2 Å². The average molecular weight is 615 g/mol. The van der Waals surface area contributed by atoms with Gasteiger partial charge in [0, 0.05) is 49.1 Å². The number of amides is 1. The van der Waals surface area contributed by atoms with Crippen molar-refractivity contribution in [2.75, 3.05) is 44.2 Å². The van der Waals surface area contributed by atoms with Crippen LogP contribution < -0.4 is 10.2 Å². The second kappa shape index (κ2) is 11.4. The number of carbonyl (C=O) groups excluding carboxylic acids is 1. The molecule has 0 aliphatic carbocycles. The third-order valence-electron chi connectivity index (χ3n) is 6.43. The predicted molar refractivity (Wildman–Crippen MR) is 161 cm³/mol. The van der Waals surface area contributed by atoms with Crippen molar-refractivity contribution in [2.24, 2.45) is 0 Å². The van der Waals surface area contributed by atoms with Crippen LogP contribution in [0.15, 0.2) is 70.5 Å². The summed E-state index contributed by atoms with van der Waals surface area (Å²) in [6, 6.07) is 20.0. The van der Waals surface area contributed by atoms with Crippen molar-refractivity contribution in [1.29, 1.82) is 0 Å². The molecule has 1 aliphatic heterocycles. The number of rotatable bonds is 6. The second-order valence-electron chi connectivity index (χ2n) is 8.74. The minimum atomic E-state index is -0.0503. The van der Waals surface area contributed by atoms with Crippen molar-refractivity contribution < 1.29 is 4.79 Å². The van der Waals surface area contributed by atoms with Gasteiger partial charge < -0.3 is 10.2 Å². The molecule has 1 N–H and O–H groups in total. The van der Waals surface area contributed by atoms with Crippen molar-refractivity contribution in [3.8, 4) is 10.6 Å². The Hall–Kier alpha value is -2.56. The number of aromatic nitrogens is 2. The summed E-state index contributed by atoms with van der Waals surface area (Å²) in [6.45, 7) is 5.22. The largest absolute Gasteiger partial charge is 0.351 e. The Kier molecular flexibility index (Phi) is 8.07. The molecule has 1 amide bonds. The number of halogens is 2. The maximum atomic E-state index is 13.2. The summed E-state index contributed by atoms with van der Waals surface area (Å²) in [5, 5.41) is 7.14. The Morgan fingerprint density at radius 3 is 2.62 bits per heavy atom. The summed E-state index contributed by atoms with van der Waals surface area (Å²) >= 11 is 6.92. The number of benzene rings is 2. The SMILES string of the molecule is Cl.O=C(NCCN1CCN(c2nc3ccc(Br)cc3s2)CC1)c1cc(-c2cccs2)nc2ccccc12. The summed E-state index contributed by atoms with van der Waals surface area (Å²) in [5.41, 5.74) is 3.41. The number of fused-ring (bicyclic) bond motifs is 2. The molecule has 0 unspecified atom stereocenters. The third-order valence-corrected chi connectivity index (χ3v) is 8.89. The molecule has 5 aromatic rings. The van der Waals surface area contributed by atoms with Crippen LogP contribution in [-0.2, 0) is 0 Å². The van der Waals surface area contributed by atoms with Gasteiger partial charge in [0.1, 0.15) is 0 Å². The van der Waals surface area contributed by atoms with Crippen LogP contribution in [0.25, 0.3) is 31.7 Å². The number of anilines is 1. The lowest BCUT2D eigenvalue weighted by atomic mass is 10.1. The number of piperazine rings is 1. The highest BCUT2D eigenvalue weighted by Gasteiger charge is 2.20. The summed E-state index contributed by atoms with van der Waals surface area (Å²) in [5.74, 6) is -0.0503. The lowest BCUT2D eigenvalue weighted by Crippen LogP contribution is -2.48. The van der Waals surface area contributed by atoms with Gasteiger partial charge >= 0.3 is 0 Å². The Labute approximate surface area is 237 Å². The quantitative estimate of drug-likeness (QED) is 0.243. The highest BCUT2D eigenvalue weighted by atomic mass is 79.9. The Morgan fingerprint density at radius 1 is 0.973 bits per heavy atom. The first-order valence-electron chi connectivity index (χ1n) is 11.9. The second-order valence-corrected chi connectivity index (χ2v) is 11.6. The first-order chi connectivity index (χ1) is 17.6. The number of hydrogen-bond acceptors (Lipinski definition) is 7. The molecule has 0 spiro atoms. The van der Waals surface area contributed by atoms with Gasteiger partial charge in [0.05, 0.1) is 31.9 Å². The van der Waals surface area contributed by atoms with Gasteiger partial charge in [-0.15, -0.1) is 23.7 Å². The van der Waals surface area contributed by atoms with Gasteiger partial charge in [-0.05, 0) is 41.8 Å². The first-order valence-corrected chi connectivity index (χ1v) is 14.4. The summed E-state index contributed by atoms with van der Waals surface area (Å²) in [6.07, 6.45) is 0. The molecular formula is C27H25BrClN5OS2. The highest BCUT2D eigenvalue weighted by Crippen LogP contribution is 2.31. The summed E-state index contributed by atoms with van der Waals surface area (Å²) in [4.78, 5) is 28.6. The maximum Gasteiger partial charge on any atom is 0.252 e. The fraction of sp³-hybridized carbons (Fsp3) is 0.222. The van der Waals surface area contributed by atoms with Crippen LogP contribution in [0.4, 0.5) is 5.13 Å². The van der Waals surface area contributed by atoms with Crippen LogP contribution in [0.1, 0.15) is 10.4 Å². The van der Waals surface area contributed by atoms with Crippen molar-refractivity contribution in [3.63, 3.8) is 0 Å². The lowest BCUT2D eigenvalue weighted by Gasteiger charge is -2.34. The lowest BCUT2D eigenvalue weighted by molar-refractivity contribution is 0.0949. The number of nitrogens with one attached hydrogen (secondary N) is 1. The minimum Gasteiger partial charge on any atom is -0.351 e. The standard InChI is InChI=1S/C27H24BrN5OS2.ClH/c28-18-7-8-22-25(16-18)36-27(31-22)33-13-11-32(12-14-33)10-9-29-26(34)20-17-23(24-6-3-15-35-24)30-21-5-2-1-4-19(20)21;/h1-8,15-17H,9-14H2,(H,29,34);1H. The number of carbonyl (C=O) groups is 1. The minimum absolute atomic E-state index is 0. The monoisotopic (exact) mass is 613 g/mol. The fourth-order valence-electron chi connectivity index (χ4n) is 4.52. The molecule has 3 aromatic heterocycles. The zero-order valence-corrected chi connectivity index (χ0v) is 23.9. The number of thiophene rings is 1. The van der Waals surface area contributed by atoms with Crippen LogP contribution in [0.2, 0.25) is 0 Å². The van der Waals surface area contributed by atoms with E-state index in [2.05, 4.69) is 43.2 Å². The topological polar surface area (TPSA) is 61.4 Å². The van der Waals surface area contributed by atoms with Crippen LogP contribution in [-0.4, -0.2) is 60.0 Å². The van der Waals surface area contributed by atoms with Gasteiger partial charge in [0.25, 0.3) is 5.91 Å². The molecular weight excluding hydrogens is 590 g/mol. The molecule has 0 saturated carbocycles. The van der Waals surface area contributed by atoms with Crippen LogP contribution in [0.5, 0.6) is 0 Å². The van der Waals surface area contributed by atoms with Gasteiger partial charge in [-0.1, -0.05) is 51.5 Å². The van der Waals surface area contributed by atoms with E-state index in [-0.39, 0.29) is 18.3 Å². The number of pyridine rings is 1. The van der Waals surface area contributed by atoms with E-state index in [1.807, 2.05) is 53.9 Å². The van der Waals surface area contributed by atoms with E-state index in [1.54, 1.807) is 22.7 Å². The normalized spacial score (nSPS) is 14.1. The van der Waals surface area contributed by atoms with Crippen LogP contribution in [0.3, 0.4) is 0 Å². The molecule has 0 bridgehead atoms.